The molecule has 0 fully saturated rings. The van der Waals surface area contributed by atoms with Crippen LogP contribution in [0.25, 0.3) is 5.82 Å². The van der Waals surface area contributed by atoms with Gasteiger partial charge in [0.05, 0.1) is 7.11 Å². The molecule has 0 aliphatic carbocycles. The molecule has 2 aromatic heterocycles. The Balaban J connectivity index is 1.53. The Morgan fingerprint density at radius 1 is 1.03 bits per heavy atom. The van der Waals surface area contributed by atoms with Crippen molar-refractivity contribution in [1.29, 1.82) is 0 Å². The van der Waals surface area contributed by atoms with Gasteiger partial charge in [-0.15, -0.1) is 0 Å². The number of aromatic nitrogens is 4. The van der Waals surface area contributed by atoms with E-state index in [4.69, 9.17) is 21.1 Å². The first-order valence-electron chi connectivity index (χ1n) is 9.75. The van der Waals surface area contributed by atoms with Gasteiger partial charge in [0.25, 0.3) is 10.0 Å². The van der Waals surface area contributed by atoms with Gasteiger partial charge in [0.15, 0.2) is 0 Å². The number of rotatable bonds is 7. The van der Waals surface area contributed by atoms with Gasteiger partial charge in [0.1, 0.15) is 33.9 Å². The third kappa shape index (κ3) is 5.07. The van der Waals surface area contributed by atoms with Crippen LogP contribution in [0.15, 0.2) is 65.8 Å². The number of imidazole rings is 1. The zero-order valence-corrected chi connectivity index (χ0v) is 19.6. The number of nitrogens with one attached hydrogen (secondary N) is 1. The standard InChI is InChI=1S/C22H20ClN5O4S/c1-14-25-21(28-11-10-24-15(28)2)13-22(26-14)32-18-7-5-17(6-8-18)27-33(29,30)20-12-16(23)4-9-19(20)31-3/h4-13,27H,1-3H3. The fourth-order valence-electron chi connectivity index (χ4n) is 3.10. The van der Waals surface area contributed by atoms with Crippen molar-refractivity contribution in [3.05, 3.63) is 77.6 Å². The highest BCUT2D eigenvalue weighted by Gasteiger charge is 2.20. The highest BCUT2D eigenvalue weighted by molar-refractivity contribution is 7.92. The average Bonchev–Trinajstić information content (AvgIpc) is 3.20. The summed E-state index contributed by atoms with van der Waals surface area (Å²) in [6, 6.07) is 12.5. The number of hydrogen-bond donors (Lipinski definition) is 1. The minimum Gasteiger partial charge on any atom is -0.495 e. The van der Waals surface area contributed by atoms with Crippen LogP contribution in [0, 0.1) is 13.8 Å². The van der Waals surface area contributed by atoms with Gasteiger partial charge >= 0.3 is 0 Å². The number of ether oxygens (including phenoxy) is 2. The van der Waals surface area contributed by atoms with E-state index in [9.17, 15) is 8.42 Å². The lowest BCUT2D eigenvalue weighted by molar-refractivity contribution is 0.403. The summed E-state index contributed by atoms with van der Waals surface area (Å²) in [4.78, 5) is 12.9. The van der Waals surface area contributed by atoms with Crippen LogP contribution in [0.3, 0.4) is 0 Å². The molecule has 33 heavy (non-hydrogen) atoms. The summed E-state index contributed by atoms with van der Waals surface area (Å²) in [5.41, 5.74) is 0.345. The molecule has 0 bridgehead atoms. The molecular formula is C22H20ClN5O4S. The Morgan fingerprint density at radius 2 is 1.79 bits per heavy atom. The molecule has 0 unspecified atom stereocenters. The number of hydrogen-bond acceptors (Lipinski definition) is 7. The van der Waals surface area contributed by atoms with E-state index in [-0.39, 0.29) is 15.7 Å². The third-order valence-corrected chi connectivity index (χ3v) is 6.26. The summed E-state index contributed by atoms with van der Waals surface area (Å²) in [7, 11) is -2.53. The lowest BCUT2D eigenvalue weighted by Gasteiger charge is -2.13. The number of methoxy groups -OCH3 is 1. The first kappa shape index (κ1) is 22.6. The molecule has 0 amide bonds. The van der Waals surface area contributed by atoms with Crippen LogP contribution in [-0.2, 0) is 10.0 Å². The van der Waals surface area contributed by atoms with E-state index < -0.39 is 10.0 Å². The molecule has 1 N–H and O–H groups in total. The number of aryl methyl sites for hydroxylation is 2. The van der Waals surface area contributed by atoms with Crippen molar-refractivity contribution >= 4 is 27.3 Å². The summed E-state index contributed by atoms with van der Waals surface area (Å²) in [6.45, 7) is 3.64. The first-order chi connectivity index (χ1) is 15.7. The van der Waals surface area contributed by atoms with Crippen LogP contribution < -0.4 is 14.2 Å². The predicted molar refractivity (Wildman–Crippen MR) is 124 cm³/mol. The van der Waals surface area contributed by atoms with Crippen molar-refractivity contribution in [1.82, 2.24) is 19.5 Å². The van der Waals surface area contributed by atoms with E-state index >= 15 is 0 Å². The van der Waals surface area contributed by atoms with Crippen LogP contribution in [0.5, 0.6) is 17.4 Å². The normalized spacial score (nSPS) is 11.3. The number of nitrogens with zero attached hydrogens (tertiary/aromatic N) is 4. The van der Waals surface area contributed by atoms with Crippen LogP contribution in [0.2, 0.25) is 5.02 Å². The Kier molecular flexibility index (Phi) is 6.21. The van der Waals surface area contributed by atoms with Crippen molar-refractivity contribution in [2.45, 2.75) is 18.7 Å². The van der Waals surface area contributed by atoms with Gasteiger partial charge in [-0.05, 0) is 56.3 Å². The second kappa shape index (κ2) is 9.08. The van der Waals surface area contributed by atoms with Gasteiger partial charge in [-0.1, -0.05) is 11.6 Å². The Morgan fingerprint density at radius 3 is 2.45 bits per heavy atom. The van der Waals surface area contributed by atoms with Gasteiger partial charge < -0.3 is 9.47 Å². The summed E-state index contributed by atoms with van der Waals surface area (Å²) in [6.07, 6.45) is 3.49. The largest absolute Gasteiger partial charge is 0.495 e. The monoisotopic (exact) mass is 485 g/mol. The van der Waals surface area contributed by atoms with Gasteiger partial charge in [-0.3, -0.25) is 9.29 Å². The van der Waals surface area contributed by atoms with E-state index in [2.05, 4.69) is 19.7 Å². The SMILES string of the molecule is COc1ccc(Cl)cc1S(=O)(=O)Nc1ccc(Oc2cc(-n3ccnc3C)nc(C)n2)cc1. The molecule has 0 aliphatic rings. The highest BCUT2D eigenvalue weighted by Crippen LogP contribution is 2.29. The third-order valence-electron chi connectivity index (χ3n) is 4.62. The Bertz CT molecular complexity index is 1400. The van der Waals surface area contributed by atoms with E-state index in [1.54, 1.807) is 55.7 Å². The molecule has 0 radical (unpaired) electrons. The minimum absolute atomic E-state index is 0.0587. The van der Waals surface area contributed by atoms with Gasteiger partial charge in [0, 0.05) is 29.2 Å². The van der Waals surface area contributed by atoms with Crippen molar-refractivity contribution < 1.29 is 17.9 Å². The van der Waals surface area contributed by atoms with E-state index in [1.165, 1.54) is 19.2 Å². The molecule has 4 rings (SSSR count). The zero-order chi connectivity index (χ0) is 23.6. The Labute approximate surface area is 196 Å². The minimum atomic E-state index is -3.92. The van der Waals surface area contributed by atoms with Crippen LogP contribution >= 0.6 is 11.6 Å². The maximum Gasteiger partial charge on any atom is 0.265 e. The van der Waals surface area contributed by atoms with Crippen molar-refractivity contribution in [3.63, 3.8) is 0 Å². The summed E-state index contributed by atoms with van der Waals surface area (Å²) >= 11 is 5.96. The molecule has 0 aliphatic heterocycles. The van der Waals surface area contributed by atoms with Crippen molar-refractivity contribution in [2.75, 3.05) is 11.8 Å². The van der Waals surface area contributed by atoms with Gasteiger partial charge in [-0.25, -0.2) is 18.4 Å². The smallest absolute Gasteiger partial charge is 0.265 e. The fourth-order valence-corrected chi connectivity index (χ4v) is 4.59. The van der Waals surface area contributed by atoms with Crippen LogP contribution in [0.1, 0.15) is 11.6 Å². The lowest BCUT2D eigenvalue weighted by atomic mass is 10.3. The lowest BCUT2D eigenvalue weighted by Crippen LogP contribution is -2.14. The number of sulfonamides is 1. The molecule has 0 saturated heterocycles. The van der Waals surface area contributed by atoms with E-state index in [0.29, 0.717) is 29.0 Å². The summed E-state index contributed by atoms with van der Waals surface area (Å²) in [5, 5.41) is 0.283. The van der Waals surface area contributed by atoms with Crippen molar-refractivity contribution in [3.8, 4) is 23.2 Å². The molecule has 0 atom stereocenters. The molecule has 2 aromatic carbocycles. The number of benzene rings is 2. The van der Waals surface area contributed by atoms with E-state index in [1.807, 2.05) is 11.5 Å². The highest BCUT2D eigenvalue weighted by atomic mass is 35.5. The summed E-state index contributed by atoms with van der Waals surface area (Å²) in [5.74, 6) is 2.97. The Hall–Kier alpha value is -3.63. The fraction of sp³-hybridized carbons (Fsp3) is 0.136. The quantitative estimate of drug-likeness (QED) is 0.409. The maximum absolute atomic E-state index is 12.8. The van der Waals surface area contributed by atoms with Crippen LogP contribution in [-0.4, -0.2) is 35.0 Å². The topological polar surface area (TPSA) is 108 Å². The average molecular weight is 486 g/mol. The molecule has 0 spiro atoms. The molecule has 0 saturated carbocycles. The van der Waals surface area contributed by atoms with Gasteiger partial charge in [0.2, 0.25) is 5.88 Å². The molecule has 2 heterocycles. The second-order valence-corrected chi connectivity index (χ2v) is 9.07. The van der Waals surface area contributed by atoms with Crippen molar-refractivity contribution in [2.24, 2.45) is 0 Å². The van der Waals surface area contributed by atoms with Crippen LogP contribution in [0.4, 0.5) is 5.69 Å². The molecule has 9 nitrogen and oxygen atoms in total. The molecule has 11 heteroatoms. The van der Waals surface area contributed by atoms with Gasteiger partial charge in [-0.2, -0.15) is 4.98 Å². The summed E-state index contributed by atoms with van der Waals surface area (Å²) < 4.78 is 41.0. The first-order valence-corrected chi connectivity index (χ1v) is 11.6. The number of anilines is 1. The zero-order valence-electron chi connectivity index (χ0n) is 18.0. The predicted octanol–water partition coefficient (Wildman–Crippen LogP) is 4.53. The second-order valence-electron chi connectivity index (χ2n) is 6.98. The van der Waals surface area contributed by atoms with E-state index in [0.717, 1.165) is 5.82 Å². The maximum atomic E-state index is 12.8. The molecule has 4 aromatic rings. The molecular weight excluding hydrogens is 466 g/mol. The molecule has 170 valence electrons. The number of halogens is 1.